The van der Waals surface area contributed by atoms with E-state index >= 15 is 0 Å². The molecule has 0 aliphatic heterocycles. The van der Waals surface area contributed by atoms with E-state index in [9.17, 15) is 8.78 Å². The van der Waals surface area contributed by atoms with E-state index in [1.54, 1.807) is 18.2 Å². The van der Waals surface area contributed by atoms with Gasteiger partial charge in [0.25, 0.3) is 0 Å². The van der Waals surface area contributed by atoms with Gasteiger partial charge in [-0.05, 0) is 43.4 Å². The van der Waals surface area contributed by atoms with Gasteiger partial charge in [0.1, 0.15) is 11.6 Å². The number of nitrogens with one attached hydrogen (secondary N) is 2. The average Bonchev–Trinajstić information content (AvgIpc) is 2.59. The Balaban J connectivity index is 2.08. The highest BCUT2D eigenvalue weighted by Crippen LogP contribution is 2.29. The molecule has 0 amide bonds. The van der Waals surface area contributed by atoms with Crippen LogP contribution in [0.15, 0.2) is 41.5 Å². The number of benzene rings is 2. The van der Waals surface area contributed by atoms with Gasteiger partial charge in [-0.15, -0.1) is 0 Å². The Labute approximate surface area is 149 Å². The van der Waals surface area contributed by atoms with Crippen LogP contribution in [0, 0.1) is 11.6 Å². The van der Waals surface area contributed by atoms with Crippen LogP contribution in [-0.2, 0) is 0 Å². The van der Waals surface area contributed by atoms with Crippen molar-refractivity contribution in [3.63, 3.8) is 0 Å². The first-order valence-corrected chi connectivity index (χ1v) is 7.64. The van der Waals surface area contributed by atoms with Crippen LogP contribution >= 0.6 is 12.2 Å². The van der Waals surface area contributed by atoms with Gasteiger partial charge in [0, 0.05) is 11.8 Å². The number of hydrazone groups is 1. The fraction of sp³-hybridized carbons (Fsp3) is 0.176. The van der Waals surface area contributed by atoms with E-state index in [0.717, 1.165) is 12.1 Å². The second-order valence-corrected chi connectivity index (χ2v) is 5.34. The molecule has 0 bridgehead atoms. The highest BCUT2D eigenvalue weighted by molar-refractivity contribution is 7.80. The van der Waals surface area contributed by atoms with Crippen LogP contribution in [0.1, 0.15) is 12.5 Å². The highest BCUT2D eigenvalue weighted by atomic mass is 32.1. The molecular formula is C17H17F2N3O2S. The van der Waals surface area contributed by atoms with Crippen LogP contribution < -0.4 is 20.2 Å². The molecule has 8 heteroatoms. The number of anilines is 1. The molecule has 0 spiro atoms. The third-order valence-corrected chi connectivity index (χ3v) is 3.48. The van der Waals surface area contributed by atoms with Crippen molar-refractivity contribution >= 4 is 28.7 Å². The van der Waals surface area contributed by atoms with Gasteiger partial charge in [0.15, 0.2) is 16.6 Å². The van der Waals surface area contributed by atoms with E-state index < -0.39 is 11.6 Å². The molecule has 0 aliphatic carbocycles. The van der Waals surface area contributed by atoms with E-state index in [2.05, 4.69) is 15.8 Å². The monoisotopic (exact) mass is 365 g/mol. The number of rotatable bonds is 5. The number of nitrogens with zero attached hydrogens (tertiary/aromatic N) is 1. The van der Waals surface area contributed by atoms with Gasteiger partial charge in [-0.3, -0.25) is 5.43 Å². The molecule has 0 aliphatic rings. The number of hydrogen-bond acceptors (Lipinski definition) is 4. The molecule has 0 fully saturated rings. The third-order valence-electron chi connectivity index (χ3n) is 3.29. The normalized spacial score (nSPS) is 11.0. The SMILES string of the molecule is COc1ccc(NC(=S)N/N=C(/C)c2c(F)cccc2F)cc1OC. The number of methoxy groups -OCH3 is 2. The van der Waals surface area contributed by atoms with E-state index in [-0.39, 0.29) is 16.4 Å². The molecule has 0 radical (unpaired) electrons. The Morgan fingerprint density at radius 2 is 1.68 bits per heavy atom. The highest BCUT2D eigenvalue weighted by Gasteiger charge is 2.11. The first-order chi connectivity index (χ1) is 12.0. The van der Waals surface area contributed by atoms with Crippen molar-refractivity contribution in [1.29, 1.82) is 0 Å². The Bertz CT molecular complexity index is 792. The fourth-order valence-corrected chi connectivity index (χ4v) is 2.27. The van der Waals surface area contributed by atoms with Crippen LogP contribution in [0.2, 0.25) is 0 Å². The van der Waals surface area contributed by atoms with Crippen molar-refractivity contribution in [2.24, 2.45) is 5.10 Å². The molecule has 2 rings (SSSR count). The Morgan fingerprint density at radius 3 is 2.28 bits per heavy atom. The van der Waals surface area contributed by atoms with Gasteiger partial charge in [-0.25, -0.2) is 8.78 Å². The zero-order chi connectivity index (χ0) is 18.4. The summed E-state index contributed by atoms with van der Waals surface area (Å²) in [4.78, 5) is 0. The van der Waals surface area contributed by atoms with Gasteiger partial charge in [-0.2, -0.15) is 5.10 Å². The Hall–Kier alpha value is -2.74. The van der Waals surface area contributed by atoms with E-state index in [4.69, 9.17) is 21.7 Å². The maximum absolute atomic E-state index is 13.7. The average molecular weight is 365 g/mol. The fourth-order valence-electron chi connectivity index (χ4n) is 2.11. The topological polar surface area (TPSA) is 54.9 Å². The first kappa shape index (κ1) is 18.6. The molecule has 0 heterocycles. The maximum Gasteiger partial charge on any atom is 0.191 e. The number of hydrogen-bond donors (Lipinski definition) is 2. The molecule has 0 unspecified atom stereocenters. The Morgan fingerprint density at radius 1 is 1.04 bits per heavy atom. The van der Waals surface area contributed by atoms with E-state index in [1.165, 1.54) is 27.2 Å². The smallest absolute Gasteiger partial charge is 0.191 e. The lowest BCUT2D eigenvalue weighted by molar-refractivity contribution is 0.355. The van der Waals surface area contributed by atoms with Gasteiger partial charge >= 0.3 is 0 Å². The van der Waals surface area contributed by atoms with Crippen LogP contribution in [0.4, 0.5) is 14.5 Å². The number of thiocarbonyl (C=S) groups is 1. The van der Waals surface area contributed by atoms with E-state index in [1.807, 2.05) is 0 Å². The maximum atomic E-state index is 13.7. The van der Waals surface area contributed by atoms with Crippen molar-refractivity contribution in [3.05, 3.63) is 53.6 Å². The van der Waals surface area contributed by atoms with Crippen molar-refractivity contribution in [3.8, 4) is 11.5 Å². The van der Waals surface area contributed by atoms with Crippen LogP contribution in [0.25, 0.3) is 0 Å². The molecule has 25 heavy (non-hydrogen) atoms. The lowest BCUT2D eigenvalue weighted by atomic mass is 10.1. The molecule has 2 aromatic rings. The van der Waals surface area contributed by atoms with Crippen LogP contribution in [0.3, 0.4) is 0 Å². The predicted molar refractivity (Wildman–Crippen MR) is 97.5 cm³/mol. The zero-order valence-corrected chi connectivity index (χ0v) is 14.7. The first-order valence-electron chi connectivity index (χ1n) is 7.24. The minimum absolute atomic E-state index is 0.132. The summed E-state index contributed by atoms with van der Waals surface area (Å²) < 4.78 is 37.8. The van der Waals surface area contributed by atoms with Gasteiger partial charge < -0.3 is 14.8 Å². The van der Waals surface area contributed by atoms with Crippen molar-refractivity contribution in [2.75, 3.05) is 19.5 Å². The lowest BCUT2D eigenvalue weighted by Crippen LogP contribution is -2.25. The summed E-state index contributed by atoms with van der Waals surface area (Å²) in [7, 11) is 3.06. The summed E-state index contributed by atoms with van der Waals surface area (Å²) in [5.41, 5.74) is 3.12. The van der Waals surface area contributed by atoms with Gasteiger partial charge in [0.2, 0.25) is 0 Å². The number of ether oxygens (including phenoxy) is 2. The third kappa shape index (κ3) is 4.63. The molecule has 0 saturated heterocycles. The lowest BCUT2D eigenvalue weighted by Gasteiger charge is -2.12. The molecule has 0 aromatic heterocycles. The van der Waals surface area contributed by atoms with Crippen molar-refractivity contribution in [2.45, 2.75) is 6.92 Å². The van der Waals surface area contributed by atoms with E-state index in [0.29, 0.717) is 17.2 Å². The molecule has 0 atom stereocenters. The molecule has 2 N–H and O–H groups in total. The molecule has 5 nitrogen and oxygen atoms in total. The Kier molecular flexibility index (Phi) is 6.24. The second kappa shape index (κ2) is 8.39. The standard InChI is InChI=1S/C17H17F2N3O2S/c1-10(16-12(18)5-4-6-13(16)19)21-22-17(25)20-11-7-8-14(23-2)15(9-11)24-3/h4-9H,1-3H3,(H2,20,22,25)/b21-10-. The minimum atomic E-state index is -0.693. The minimum Gasteiger partial charge on any atom is -0.493 e. The summed E-state index contributed by atoms with van der Waals surface area (Å²) in [5, 5.41) is 6.97. The molecule has 0 saturated carbocycles. The summed E-state index contributed by atoms with van der Waals surface area (Å²) >= 11 is 5.12. The summed E-state index contributed by atoms with van der Waals surface area (Å²) in [5.74, 6) is -0.275. The quantitative estimate of drug-likeness (QED) is 0.481. The van der Waals surface area contributed by atoms with Crippen molar-refractivity contribution in [1.82, 2.24) is 5.43 Å². The largest absolute Gasteiger partial charge is 0.493 e. The molecule has 132 valence electrons. The summed E-state index contributed by atoms with van der Waals surface area (Å²) in [6, 6.07) is 8.77. The molecule has 2 aromatic carbocycles. The summed E-state index contributed by atoms with van der Waals surface area (Å²) in [6.45, 7) is 1.48. The summed E-state index contributed by atoms with van der Waals surface area (Å²) in [6.07, 6.45) is 0. The van der Waals surface area contributed by atoms with Gasteiger partial charge in [0.05, 0.1) is 25.5 Å². The molecular weight excluding hydrogens is 348 g/mol. The van der Waals surface area contributed by atoms with Crippen LogP contribution in [-0.4, -0.2) is 25.0 Å². The second-order valence-electron chi connectivity index (χ2n) is 4.93. The van der Waals surface area contributed by atoms with Crippen LogP contribution in [0.5, 0.6) is 11.5 Å². The number of halogens is 2. The predicted octanol–water partition coefficient (Wildman–Crippen LogP) is 3.69. The van der Waals surface area contributed by atoms with Gasteiger partial charge in [-0.1, -0.05) is 6.07 Å². The van der Waals surface area contributed by atoms with Crippen molar-refractivity contribution < 1.29 is 18.3 Å². The zero-order valence-electron chi connectivity index (χ0n) is 13.9.